The number of amides is 1. The second-order valence-corrected chi connectivity index (χ2v) is 8.23. The molecule has 0 aliphatic carbocycles. The van der Waals surface area contributed by atoms with Gasteiger partial charge in [-0.3, -0.25) is 9.48 Å². The third-order valence-electron chi connectivity index (χ3n) is 4.29. The molecular formula is C18H21N5O3S. The van der Waals surface area contributed by atoms with Crippen LogP contribution in [0, 0.1) is 6.92 Å². The normalized spacial score (nSPS) is 12.0. The van der Waals surface area contributed by atoms with Gasteiger partial charge in [-0.05, 0) is 18.6 Å². The van der Waals surface area contributed by atoms with Gasteiger partial charge in [-0.2, -0.15) is 9.40 Å². The molecule has 9 heteroatoms. The molecule has 0 aliphatic rings. The molecule has 0 spiro atoms. The number of carbonyl (C=O) groups excluding carboxylic acids is 1. The third-order valence-corrected chi connectivity index (χ3v) is 6.10. The predicted octanol–water partition coefficient (Wildman–Crippen LogP) is 1.34. The zero-order valence-corrected chi connectivity index (χ0v) is 16.0. The smallest absolute Gasteiger partial charge is 0.244 e. The largest absolute Gasteiger partial charge is 0.370 e. The number of aromatic nitrogens is 3. The molecule has 0 saturated carbocycles. The van der Waals surface area contributed by atoms with Crippen LogP contribution in [-0.4, -0.2) is 39.9 Å². The fourth-order valence-electron chi connectivity index (χ4n) is 2.89. The van der Waals surface area contributed by atoms with Crippen molar-refractivity contribution in [3.8, 4) is 0 Å². The van der Waals surface area contributed by atoms with Crippen molar-refractivity contribution in [3.63, 3.8) is 0 Å². The van der Waals surface area contributed by atoms with Gasteiger partial charge in [0, 0.05) is 38.1 Å². The molecule has 27 heavy (non-hydrogen) atoms. The van der Waals surface area contributed by atoms with Crippen LogP contribution in [0.15, 0.2) is 47.5 Å². The van der Waals surface area contributed by atoms with E-state index in [-0.39, 0.29) is 24.4 Å². The van der Waals surface area contributed by atoms with Gasteiger partial charge in [0.2, 0.25) is 15.9 Å². The highest BCUT2D eigenvalue weighted by Crippen LogP contribution is 2.23. The predicted molar refractivity (Wildman–Crippen MR) is 101 cm³/mol. The number of benzene rings is 1. The maximum atomic E-state index is 13.2. The standard InChI is InChI=1S/C18H21N5O3S/c1-13-16-10-15(11-20-18(16)22(2)21-13)27(25,26)23(9-8-17(19)24)12-14-6-4-3-5-7-14/h3-7,10-11H,8-9,12H2,1-2H3,(H2,19,24). The molecule has 1 aromatic carbocycles. The summed E-state index contributed by atoms with van der Waals surface area (Å²) in [6.07, 6.45) is 1.26. The lowest BCUT2D eigenvalue weighted by Crippen LogP contribution is -2.33. The van der Waals surface area contributed by atoms with E-state index in [0.717, 1.165) is 5.56 Å². The Morgan fingerprint density at radius 3 is 2.63 bits per heavy atom. The number of nitrogens with zero attached hydrogens (tertiary/aromatic N) is 4. The quantitative estimate of drug-likeness (QED) is 0.658. The van der Waals surface area contributed by atoms with Gasteiger partial charge in [0.1, 0.15) is 4.90 Å². The van der Waals surface area contributed by atoms with Gasteiger partial charge in [0.25, 0.3) is 0 Å². The molecular weight excluding hydrogens is 366 g/mol. The first-order valence-corrected chi connectivity index (χ1v) is 9.85. The van der Waals surface area contributed by atoms with Crippen LogP contribution < -0.4 is 5.73 Å². The number of hydrogen-bond acceptors (Lipinski definition) is 5. The number of carbonyl (C=O) groups is 1. The number of sulfonamides is 1. The van der Waals surface area contributed by atoms with Gasteiger partial charge in [-0.15, -0.1) is 0 Å². The van der Waals surface area contributed by atoms with Crippen LogP contribution in [0.3, 0.4) is 0 Å². The Balaban J connectivity index is 2.00. The number of rotatable bonds is 7. The first-order chi connectivity index (χ1) is 12.8. The average molecular weight is 387 g/mol. The molecule has 0 atom stereocenters. The van der Waals surface area contributed by atoms with Crippen molar-refractivity contribution >= 4 is 27.0 Å². The second-order valence-electron chi connectivity index (χ2n) is 6.29. The number of fused-ring (bicyclic) bond motifs is 1. The van der Waals surface area contributed by atoms with Crippen molar-refractivity contribution in [2.75, 3.05) is 6.54 Å². The van der Waals surface area contributed by atoms with E-state index in [1.807, 2.05) is 30.3 Å². The second kappa shape index (κ2) is 7.45. The highest BCUT2D eigenvalue weighted by atomic mass is 32.2. The van der Waals surface area contributed by atoms with E-state index in [0.29, 0.717) is 16.7 Å². The Morgan fingerprint density at radius 1 is 1.26 bits per heavy atom. The van der Waals surface area contributed by atoms with E-state index >= 15 is 0 Å². The van der Waals surface area contributed by atoms with Crippen molar-refractivity contribution in [3.05, 3.63) is 53.9 Å². The molecule has 0 fully saturated rings. The summed E-state index contributed by atoms with van der Waals surface area (Å²) in [6.45, 7) is 1.94. The van der Waals surface area contributed by atoms with Crippen LogP contribution in [0.25, 0.3) is 11.0 Å². The number of primary amides is 1. The molecule has 0 aliphatic heterocycles. The van der Waals surface area contributed by atoms with Crippen LogP contribution in [-0.2, 0) is 28.4 Å². The first kappa shape index (κ1) is 19.0. The Bertz CT molecular complexity index is 1080. The molecule has 8 nitrogen and oxygen atoms in total. The van der Waals surface area contributed by atoms with E-state index in [1.54, 1.807) is 24.7 Å². The van der Waals surface area contributed by atoms with E-state index in [1.165, 1.54) is 10.5 Å². The lowest BCUT2D eigenvalue weighted by molar-refractivity contribution is -0.118. The van der Waals surface area contributed by atoms with Gasteiger partial charge in [0.05, 0.1) is 5.69 Å². The molecule has 0 radical (unpaired) electrons. The summed E-state index contributed by atoms with van der Waals surface area (Å²) < 4.78 is 29.3. The van der Waals surface area contributed by atoms with Gasteiger partial charge in [0.15, 0.2) is 5.65 Å². The van der Waals surface area contributed by atoms with Crippen molar-refractivity contribution in [1.82, 2.24) is 19.1 Å². The summed E-state index contributed by atoms with van der Waals surface area (Å²) in [5.74, 6) is -0.556. The van der Waals surface area contributed by atoms with E-state index in [4.69, 9.17) is 5.73 Å². The minimum atomic E-state index is -3.87. The molecule has 2 aromatic heterocycles. The van der Waals surface area contributed by atoms with E-state index in [9.17, 15) is 13.2 Å². The summed E-state index contributed by atoms with van der Waals surface area (Å²) in [7, 11) is -2.11. The zero-order chi connectivity index (χ0) is 19.6. The lowest BCUT2D eigenvalue weighted by Gasteiger charge is -2.21. The number of aryl methyl sites for hydroxylation is 2. The number of nitrogens with two attached hydrogens (primary N) is 1. The topological polar surface area (TPSA) is 111 Å². The summed E-state index contributed by atoms with van der Waals surface area (Å²) in [4.78, 5) is 15.5. The maximum Gasteiger partial charge on any atom is 0.244 e. The molecule has 0 unspecified atom stereocenters. The molecule has 142 valence electrons. The Kier molecular flexibility index (Phi) is 5.24. The fourth-order valence-corrected chi connectivity index (χ4v) is 4.29. The molecule has 0 saturated heterocycles. The van der Waals surface area contributed by atoms with Crippen LogP contribution in [0.4, 0.5) is 0 Å². The Hall–Kier alpha value is -2.78. The van der Waals surface area contributed by atoms with E-state index in [2.05, 4.69) is 10.1 Å². The summed E-state index contributed by atoms with van der Waals surface area (Å²) in [5.41, 5.74) is 7.35. The lowest BCUT2D eigenvalue weighted by atomic mass is 10.2. The average Bonchev–Trinajstić information content (AvgIpc) is 2.93. The molecule has 3 rings (SSSR count). The van der Waals surface area contributed by atoms with Crippen LogP contribution in [0.2, 0.25) is 0 Å². The maximum absolute atomic E-state index is 13.2. The fraction of sp³-hybridized carbons (Fsp3) is 0.278. The van der Waals surface area contributed by atoms with Crippen molar-refractivity contribution < 1.29 is 13.2 Å². The minimum absolute atomic E-state index is 0.00335. The molecule has 0 bridgehead atoms. The van der Waals surface area contributed by atoms with Crippen molar-refractivity contribution in [2.24, 2.45) is 12.8 Å². The highest BCUT2D eigenvalue weighted by Gasteiger charge is 2.26. The van der Waals surface area contributed by atoms with E-state index < -0.39 is 15.9 Å². The summed E-state index contributed by atoms with van der Waals surface area (Å²) in [6, 6.07) is 10.8. The molecule has 1 amide bonds. The van der Waals surface area contributed by atoms with Gasteiger partial charge in [-0.1, -0.05) is 30.3 Å². The number of pyridine rings is 1. The summed E-state index contributed by atoms with van der Waals surface area (Å²) in [5, 5.41) is 4.94. The summed E-state index contributed by atoms with van der Waals surface area (Å²) >= 11 is 0. The first-order valence-electron chi connectivity index (χ1n) is 8.41. The van der Waals surface area contributed by atoms with Crippen molar-refractivity contribution in [2.45, 2.75) is 24.8 Å². The Morgan fingerprint density at radius 2 is 1.96 bits per heavy atom. The Labute approximate surface area is 157 Å². The number of hydrogen-bond donors (Lipinski definition) is 1. The minimum Gasteiger partial charge on any atom is -0.370 e. The SMILES string of the molecule is Cc1nn(C)c2ncc(S(=O)(=O)N(CCC(N)=O)Cc3ccccc3)cc12. The van der Waals surface area contributed by atoms with Gasteiger partial charge in [-0.25, -0.2) is 13.4 Å². The van der Waals surface area contributed by atoms with Crippen LogP contribution in [0.5, 0.6) is 0 Å². The van der Waals surface area contributed by atoms with Gasteiger partial charge < -0.3 is 5.73 Å². The highest BCUT2D eigenvalue weighted by molar-refractivity contribution is 7.89. The van der Waals surface area contributed by atoms with Crippen molar-refractivity contribution in [1.29, 1.82) is 0 Å². The third kappa shape index (κ3) is 3.99. The molecule has 2 N–H and O–H groups in total. The zero-order valence-electron chi connectivity index (χ0n) is 15.2. The molecule has 2 heterocycles. The molecule has 3 aromatic rings. The van der Waals surface area contributed by atoms with Crippen LogP contribution in [0.1, 0.15) is 17.7 Å². The van der Waals surface area contributed by atoms with Gasteiger partial charge >= 0.3 is 0 Å². The van der Waals surface area contributed by atoms with Crippen LogP contribution >= 0.6 is 0 Å². The monoisotopic (exact) mass is 387 g/mol.